The predicted octanol–water partition coefficient (Wildman–Crippen LogP) is 6.01. The summed E-state index contributed by atoms with van der Waals surface area (Å²) in [6.07, 6.45) is 6.97. The third-order valence-electron chi connectivity index (χ3n) is 15.5. The first-order chi connectivity index (χ1) is 32.3. The van der Waals surface area contributed by atoms with Crippen molar-refractivity contribution in [1.29, 1.82) is 0 Å². The molecule has 356 valence electrons. The van der Waals surface area contributed by atoms with Crippen molar-refractivity contribution in [1.82, 2.24) is 39.9 Å². The molecule has 16 nitrogen and oxygen atoms in total. The number of imide groups is 1. The molecular formula is C48H58ClF2N11O5. The molecule has 5 fully saturated rings. The van der Waals surface area contributed by atoms with Crippen LogP contribution in [0.4, 0.5) is 36.5 Å². The summed E-state index contributed by atoms with van der Waals surface area (Å²) in [5.41, 5.74) is 5.19. The van der Waals surface area contributed by atoms with Crippen molar-refractivity contribution in [2.45, 2.75) is 95.4 Å². The Morgan fingerprint density at radius 3 is 2.40 bits per heavy atom. The van der Waals surface area contributed by atoms with Crippen LogP contribution in [-0.4, -0.2) is 144 Å². The van der Waals surface area contributed by atoms with E-state index in [1.54, 1.807) is 36.9 Å². The number of rotatable bonds is 10. The lowest BCUT2D eigenvalue weighted by molar-refractivity contribution is -0.191. The molecule has 19 heteroatoms. The van der Waals surface area contributed by atoms with Crippen molar-refractivity contribution < 1.29 is 32.7 Å². The fourth-order valence-electron chi connectivity index (χ4n) is 11.4. The second-order valence-electron chi connectivity index (χ2n) is 19.2. The number of piperidine rings is 3. The molecular weight excluding hydrogens is 884 g/mol. The lowest BCUT2D eigenvalue weighted by Crippen LogP contribution is -2.60. The van der Waals surface area contributed by atoms with Gasteiger partial charge in [0.15, 0.2) is 17.2 Å². The monoisotopic (exact) mass is 941 g/mol. The molecule has 2 atom stereocenters. The molecule has 7 heterocycles. The van der Waals surface area contributed by atoms with Crippen LogP contribution < -0.4 is 25.8 Å². The maximum atomic E-state index is 16.5. The highest BCUT2D eigenvalue weighted by Crippen LogP contribution is 2.52. The zero-order chi connectivity index (χ0) is 46.8. The predicted molar refractivity (Wildman–Crippen MR) is 250 cm³/mol. The summed E-state index contributed by atoms with van der Waals surface area (Å²) in [6.45, 7) is 5.64. The van der Waals surface area contributed by atoms with E-state index in [0.717, 1.165) is 54.6 Å². The molecule has 3 N–H and O–H groups in total. The van der Waals surface area contributed by atoms with Crippen molar-refractivity contribution in [2.24, 2.45) is 5.41 Å². The second kappa shape index (κ2) is 17.9. The number of likely N-dealkylation sites (tertiary alicyclic amines) is 3. The second-order valence-corrected chi connectivity index (χ2v) is 19.6. The van der Waals surface area contributed by atoms with Crippen molar-refractivity contribution in [3.05, 3.63) is 75.6 Å². The minimum absolute atomic E-state index is 0.00706. The number of imidazole rings is 1. The Morgan fingerprint density at radius 2 is 1.70 bits per heavy atom. The minimum Gasteiger partial charge on any atom is -0.385 e. The van der Waals surface area contributed by atoms with Gasteiger partial charge in [-0.2, -0.15) is 0 Å². The molecule has 1 spiro atoms. The molecule has 0 unspecified atom stereocenters. The Labute approximate surface area is 393 Å². The first kappa shape index (κ1) is 45.4. The number of urea groups is 1. The fraction of sp³-hybridized carbons (Fsp3) is 0.542. The van der Waals surface area contributed by atoms with Gasteiger partial charge in [0, 0.05) is 82.1 Å². The van der Waals surface area contributed by atoms with Gasteiger partial charge < -0.3 is 30.1 Å². The number of benzene rings is 2. The third kappa shape index (κ3) is 8.26. The fourth-order valence-corrected chi connectivity index (χ4v) is 11.6. The van der Waals surface area contributed by atoms with Crippen molar-refractivity contribution in [3.63, 3.8) is 0 Å². The van der Waals surface area contributed by atoms with Crippen LogP contribution in [0.15, 0.2) is 42.6 Å². The number of nitrogens with zero attached hydrogens (tertiary/aromatic N) is 8. The van der Waals surface area contributed by atoms with Crippen LogP contribution in [0, 0.1) is 12.3 Å². The maximum absolute atomic E-state index is 16.5. The molecule has 10 rings (SSSR count). The largest absolute Gasteiger partial charge is 0.385 e. The number of aromatic nitrogens is 3. The quantitative estimate of drug-likeness (QED) is 0.171. The summed E-state index contributed by atoms with van der Waals surface area (Å²) in [5.74, 6) is -2.95. The first-order valence-electron chi connectivity index (χ1n) is 23.6. The van der Waals surface area contributed by atoms with Gasteiger partial charge in [0.05, 0.1) is 41.3 Å². The number of aryl methyl sites for hydroxylation is 1. The molecule has 2 aromatic heterocycles. The zero-order valence-corrected chi connectivity index (χ0v) is 39.0. The molecule has 5 aliphatic heterocycles. The lowest BCUT2D eigenvalue weighted by atomic mass is 9.68. The lowest BCUT2D eigenvalue weighted by Gasteiger charge is -2.53. The number of halogens is 3. The Hall–Kier alpha value is -5.43. The summed E-state index contributed by atoms with van der Waals surface area (Å²) < 4.78 is 40.2. The summed E-state index contributed by atoms with van der Waals surface area (Å²) >= 11 is 6.59. The average Bonchev–Trinajstić information content (AvgIpc) is 3.96. The number of methoxy groups -OCH3 is 1. The third-order valence-corrected chi connectivity index (χ3v) is 16.0. The van der Waals surface area contributed by atoms with E-state index < -0.39 is 17.4 Å². The number of hydrogen-bond acceptors (Lipinski definition) is 11. The van der Waals surface area contributed by atoms with E-state index in [2.05, 4.69) is 42.9 Å². The summed E-state index contributed by atoms with van der Waals surface area (Å²) in [6, 6.07) is 11.0. The van der Waals surface area contributed by atoms with Crippen LogP contribution in [-0.2, 0) is 22.5 Å². The van der Waals surface area contributed by atoms with Crippen molar-refractivity contribution in [3.8, 4) is 0 Å². The zero-order valence-electron chi connectivity index (χ0n) is 38.3. The van der Waals surface area contributed by atoms with Gasteiger partial charge in [-0.15, -0.1) is 5.10 Å². The van der Waals surface area contributed by atoms with Gasteiger partial charge in [-0.1, -0.05) is 23.7 Å². The van der Waals surface area contributed by atoms with Crippen LogP contribution in [0.1, 0.15) is 88.9 Å². The SMILES string of the molecule is CNc1cc(N2CCc3c(CN4CCC5(CCN(C6CCN(C(=O)c7cc(C)c(Cl)c(N8CCC(=O)NC8=O)c7)CC6)CC5)C(F)(F)C4)cccc32)nn2c(C(=O)N[C@@H]3CC[C@H]3OC)cnc12. The molecule has 1 saturated carbocycles. The number of alkyl halides is 2. The van der Waals surface area contributed by atoms with Crippen LogP contribution in [0.25, 0.3) is 5.65 Å². The first-order valence-corrected chi connectivity index (χ1v) is 24.0. The van der Waals surface area contributed by atoms with Crippen LogP contribution in [0.2, 0.25) is 5.02 Å². The summed E-state index contributed by atoms with van der Waals surface area (Å²) in [5, 5.41) is 13.9. The summed E-state index contributed by atoms with van der Waals surface area (Å²) in [4.78, 5) is 65.7. The van der Waals surface area contributed by atoms with Gasteiger partial charge in [-0.05, 0) is 113 Å². The molecule has 4 saturated heterocycles. The number of carbonyl (C=O) groups excluding carboxylic acids is 4. The highest BCUT2D eigenvalue weighted by molar-refractivity contribution is 6.35. The van der Waals surface area contributed by atoms with Gasteiger partial charge in [0.1, 0.15) is 0 Å². The van der Waals surface area contributed by atoms with Gasteiger partial charge >= 0.3 is 6.03 Å². The number of amides is 5. The van der Waals surface area contributed by atoms with Gasteiger partial charge in [-0.25, -0.2) is 23.1 Å². The molecule has 5 amide bonds. The normalized spacial score (nSPS) is 23.3. The van der Waals surface area contributed by atoms with Gasteiger partial charge in [0.2, 0.25) is 5.91 Å². The molecule has 1 aliphatic carbocycles. The van der Waals surface area contributed by atoms with E-state index in [0.29, 0.717) is 104 Å². The number of carbonyl (C=O) groups is 4. The van der Waals surface area contributed by atoms with E-state index >= 15 is 8.78 Å². The standard InChI is InChI=1S/C48H58ClF2N11O5/c1-29-23-31(24-37(42(29)49)61-19-12-41(63)55-46(61)66)45(65)59-16-9-32(10-17-59)58-21-14-47(15-22-58)13-20-57(28-48(47,50)51)27-30-5-4-6-36-33(30)11-18-60(36)40-25-35(52-2)43-53-26-38(62(43)56-40)44(64)54-34-7-8-39(34)67-3/h4-6,23-26,32,34,39,52H,7-22,27-28H2,1-3H3,(H,54,64)(H,55,63,66)/t34-,39-/m1/s1. The number of fused-ring (bicyclic) bond motifs is 2. The average molecular weight is 943 g/mol. The Morgan fingerprint density at radius 1 is 0.940 bits per heavy atom. The Kier molecular flexibility index (Phi) is 12.1. The maximum Gasteiger partial charge on any atom is 0.328 e. The molecule has 4 aromatic rings. The summed E-state index contributed by atoms with van der Waals surface area (Å²) in [7, 11) is 3.47. The highest BCUT2D eigenvalue weighted by Gasteiger charge is 2.57. The van der Waals surface area contributed by atoms with Crippen molar-refractivity contribution >= 4 is 63.9 Å². The number of nitrogens with one attached hydrogen (secondary N) is 3. The van der Waals surface area contributed by atoms with E-state index in [4.69, 9.17) is 21.4 Å². The molecule has 0 radical (unpaired) electrons. The Bertz CT molecular complexity index is 2610. The van der Waals surface area contributed by atoms with Crippen molar-refractivity contribution in [2.75, 3.05) is 81.6 Å². The number of hydrogen-bond donors (Lipinski definition) is 3. The van der Waals surface area contributed by atoms with E-state index in [-0.39, 0.29) is 55.4 Å². The minimum atomic E-state index is -2.85. The van der Waals surface area contributed by atoms with E-state index in [1.807, 2.05) is 29.0 Å². The van der Waals surface area contributed by atoms with Crippen LogP contribution >= 0.6 is 11.6 Å². The Balaban J connectivity index is 0.751. The molecule has 67 heavy (non-hydrogen) atoms. The molecule has 2 aromatic carbocycles. The highest BCUT2D eigenvalue weighted by atomic mass is 35.5. The topological polar surface area (TPSA) is 160 Å². The van der Waals surface area contributed by atoms with Crippen LogP contribution in [0.5, 0.6) is 0 Å². The van der Waals surface area contributed by atoms with Crippen LogP contribution in [0.3, 0.4) is 0 Å². The van der Waals surface area contributed by atoms with Gasteiger partial charge in [0.25, 0.3) is 17.7 Å². The number of anilines is 4. The number of ether oxygens (including phenoxy) is 1. The van der Waals surface area contributed by atoms with E-state index in [9.17, 15) is 19.2 Å². The molecule has 6 aliphatic rings. The van der Waals surface area contributed by atoms with Gasteiger partial charge in [-0.3, -0.25) is 29.5 Å². The van der Waals surface area contributed by atoms with E-state index in [1.165, 1.54) is 4.90 Å². The smallest absolute Gasteiger partial charge is 0.328 e. The molecule has 0 bridgehead atoms.